The van der Waals surface area contributed by atoms with Crippen molar-refractivity contribution >= 4 is 11.9 Å². The second-order valence-electron chi connectivity index (χ2n) is 6.95. The molecule has 25 heavy (non-hydrogen) atoms. The molecule has 6 nitrogen and oxygen atoms in total. The summed E-state index contributed by atoms with van der Waals surface area (Å²) in [6.07, 6.45) is 1.79. The van der Waals surface area contributed by atoms with E-state index in [0.717, 1.165) is 18.4 Å². The fourth-order valence-electron chi connectivity index (χ4n) is 4.06. The Bertz CT molecular complexity index is 620. The Morgan fingerprint density at radius 1 is 1.20 bits per heavy atom. The summed E-state index contributed by atoms with van der Waals surface area (Å²) in [5.41, 5.74) is 0.753. The van der Waals surface area contributed by atoms with Crippen molar-refractivity contribution < 1.29 is 24.2 Å². The van der Waals surface area contributed by atoms with E-state index in [1.165, 1.54) is 6.92 Å². The van der Waals surface area contributed by atoms with Gasteiger partial charge in [-0.1, -0.05) is 30.3 Å². The molecule has 0 saturated carbocycles. The van der Waals surface area contributed by atoms with Gasteiger partial charge in [-0.2, -0.15) is 0 Å². The molecule has 3 unspecified atom stereocenters. The van der Waals surface area contributed by atoms with Crippen LogP contribution in [0.25, 0.3) is 0 Å². The fraction of sp³-hybridized carbons (Fsp3) is 0.579. The SMILES string of the molecule is CC(=O)OC1C[C@H]2CC(OC(=O)C(CO)c3ccccc3)C[C@@H]1N2C. The zero-order valence-corrected chi connectivity index (χ0v) is 14.6. The monoisotopic (exact) mass is 347 g/mol. The van der Waals surface area contributed by atoms with Crippen LogP contribution in [0.3, 0.4) is 0 Å². The lowest BCUT2D eigenvalue weighted by molar-refractivity contribution is -0.157. The van der Waals surface area contributed by atoms with Crippen LogP contribution in [0.4, 0.5) is 0 Å². The number of ether oxygens (including phenoxy) is 2. The highest BCUT2D eigenvalue weighted by atomic mass is 16.6. The van der Waals surface area contributed by atoms with Crippen molar-refractivity contribution in [3.05, 3.63) is 35.9 Å². The molecule has 2 saturated heterocycles. The maximum atomic E-state index is 12.5. The highest BCUT2D eigenvalue weighted by Gasteiger charge is 2.47. The van der Waals surface area contributed by atoms with Crippen LogP contribution in [0.5, 0.6) is 0 Å². The molecular weight excluding hydrogens is 322 g/mol. The average Bonchev–Trinajstić information content (AvgIpc) is 2.75. The smallest absolute Gasteiger partial charge is 0.316 e. The quantitative estimate of drug-likeness (QED) is 0.813. The van der Waals surface area contributed by atoms with E-state index in [4.69, 9.17) is 9.47 Å². The molecule has 0 aromatic heterocycles. The van der Waals surface area contributed by atoms with E-state index in [1.54, 1.807) is 0 Å². The number of aliphatic hydroxyl groups excluding tert-OH is 1. The Morgan fingerprint density at radius 3 is 2.56 bits per heavy atom. The number of hydrogen-bond acceptors (Lipinski definition) is 6. The van der Waals surface area contributed by atoms with Gasteiger partial charge in [0.05, 0.1) is 12.6 Å². The summed E-state index contributed by atoms with van der Waals surface area (Å²) in [6.45, 7) is 1.14. The molecule has 0 amide bonds. The predicted octanol–water partition coefficient (Wildman–Crippen LogP) is 1.47. The van der Waals surface area contributed by atoms with Gasteiger partial charge in [0.2, 0.25) is 0 Å². The second kappa shape index (κ2) is 7.54. The molecule has 2 bridgehead atoms. The summed E-state index contributed by atoms with van der Waals surface area (Å²) in [6, 6.07) is 9.49. The fourth-order valence-corrected chi connectivity index (χ4v) is 4.06. The molecule has 0 aliphatic carbocycles. The molecule has 3 rings (SSSR count). The topological polar surface area (TPSA) is 76.1 Å². The van der Waals surface area contributed by atoms with Gasteiger partial charge in [0.1, 0.15) is 18.1 Å². The largest absolute Gasteiger partial charge is 0.462 e. The van der Waals surface area contributed by atoms with Crippen LogP contribution in [0, 0.1) is 0 Å². The van der Waals surface area contributed by atoms with E-state index < -0.39 is 11.9 Å². The van der Waals surface area contributed by atoms with Crippen molar-refractivity contribution in [1.82, 2.24) is 4.90 Å². The number of piperidine rings is 1. The van der Waals surface area contributed by atoms with Crippen molar-refractivity contribution in [1.29, 1.82) is 0 Å². The first-order valence-corrected chi connectivity index (χ1v) is 8.75. The number of carbonyl (C=O) groups is 2. The molecule has 2 fully saturated rings. The molecule has 1 aromatic carbocycles. The van der Waals surface area contributed by atoms with E-state index in [2.05, 4.69) is 4.90 Å². The minimum atomic E-state index is -0.664. The first-order valence-electron chi connectivity index (χ1n) is 8.75. The lowest BCUT2D eigenvalue weighted by atomic mass is 9.98. The van der Waals surface area contributed by atoms with Crippen LogP contribution in [0.2, 0.25) is 0 Å². The summed E-state index contributed by atoms with van der Waals surface area (Å²) >= 11 is 0. The van der Waals surface area contributed by atoms with E-state index in [-0.39, 0.29) is 36.9 Å². The van der Waals surface area contributed by atoms with E-state index in [0.29, 0.717) is 6.42 Å². The Balaban J connectivity index is 1.64. The molecule has 2 aliphatic rings. The highest BCUT2D eigenvalue weighted by Crippen LogP contribution is 2.38. The zero-order chi connectivity index (χ0) is 18.0. The van der Waals surface area contributed by atoms with Gasteiger partial charge in [0.15, 0.2) is 0 Å². The molecule has 5 atom stereocenters. The van der Waals surface area contributed by atoms with Crippen molar-refractivity contribution in [2.45, 2.75) is 56.4 Å². The van der Waals surface area contributed by atoms with Gasteiger partial charge in [-0.05, 0) is 12.6 Å². The molecule has 0 radical (unpaired) electrons. The number of hydrogen-bond donors (Lipinski definition) is 1. The summed E-state index contributed by atoms with van der Waals surface area (Å²) in [5, 5.41) is 9.61. The third-order valence-electron chi connectivity index (χ3n) is 5.34. The van der Waals surface area contributed by atoms with Crippen molar-refractivity contribution in [3.63, 3.8) is 0 Å². The van der Waals surface area contributed by atoms with E-state index in [1.807, 2.05) is 37.4 Å². The molecule has 1 aromatic rings. The minimum absolute atomic E-state index is 0.0738. The second-order valence-corrected chi connectivity index (χ2v) is 6.95. The van der Waals surface area contributed by atoms with Crippen molar-refractivity contribution in [2.75, 3.05) is 13.7 Å². The summed E-state index contributed by atoms with van der Waals surface area (Å²) in [7, 11) is 2.03. The maximum absolute atomic E-state index is 12.5. The number of aliphatic hydroxyl groups is 1. The molecule has 136 valence electrons. The third kappa shape index (κ3) is 3.85. The Morgan fingerprint density at radius 2 is 1.92 bits per heavy atom. The van der Waals surface area contributed by atoms with Gasteiger partial charge in [0.25, 0.3) is 0 Å². The lowest BCUT2D eigenvalue weighted by Crippen LogP contribution is -2.46. The van der Waals surface area contributed by atoms with Crippen LogP contribution in [-0.4, -0.2) is 59.9 Å². The van der Waals surface area contributed by atoms with Crippen LogP contribution < -0.4 is 0 Å². The summed E-state index contributed by atoms with van der Waals surface area (Å²) in [4.78, 5) is 26.0. The Labute approximate surface area is 147 Å². The van der Waals surface area contributed by atoms with Gasteiger partial charge >= 0.3 is 11.9 Å². The van der Waals surface area contributed by atoms with Crippen molar-refractivity contribution in [3.8, 4) is 0 Å². The first kappa shape index (κ1) is 17.9. The number of likely N-dealkylation sites (N-methyl/N-ethyl adjacent to an activating group) is 1. The maximum Gasteiger partial charge on any atom is 0.316 e. The minimum Gasteiger partial charge on any atom is -0.462 e. The van der Waals surface area contributed by atoms with Crippen LogP contribution in [0.15, 0.2) is 30.3 Å². The standard InChI is InChI=1S/C19H25NO5/c1-12(22)24-18-9-14-8-15(10-17(18)20(14)2)25-19(23)16(11-21)13-6-4-3-5-7-13/h3-7,14-18,21H,8-11H2,1-2H3/t14-,15?,16?,17+,18?/m1/s1. The number of benzene rings is 1. The van der Waals surface area contributed by atoms with Crippen LogP contribution in [0.1, 0.15) is 37.7 Å². The third-order valence-corrected chi connectivity index (χ3v) is 5.34. The van der Waals surface area contributed by atoms with Crippen LogP contribution >= 0.6 is 0 Å². The first-order chi connectivity index (χ1) is 12.0. The van der Waals surface area contributed by atoms with Gasteiger partial charge in [-0.25, -0.2) is 0 Å². The van der Waals surface area contributed by atoms with Gasteiger partial charge in [-0.15, -0.1) is 0 Å². The Hall–Kier alpha value is -1.92. The lowest BCUT2D eigenvalue weighted by Gasteiger charge is -2.36. The molecular formula is C19H25NO5. The van der Waals surface area contributed by atoms with Crippen LogP contribution in [-0.2, 0) is 19.1 Å². The normalized spacial score (nSPS) is 29.9. The number of nitrogens with zero attached hydrogens (tertiary/aromatic N) is 1. The average molecular weight is 347 g/mol. The van der Waals surface area contributed by atoms with E-state index >= 15 is 0 Å². The summed E-state index contributed by atoms with van der Waals surface area (Å²) < 4.78 is 11.1. The molecule has 2 heterocycles. The number of rotatable bonds is 5. The Kier molecular flexibility index (Phi) is 5.39. The number of esters is 2. The highest BCUT2D eigenvalue weighted by molar-refractivity contribution is 5.78. The molecule has 6 heteroatoms. The number of carbonyl (C=O) groups excluding carboxylic acids is 2. The molecule has 0 spiro atoms. The molecule has 1 N–H and O–H groups in total. The summed E-state index contributed by atoms with van der Waals surface area (Å²) in [5.74, 6) is -1.33. The zero-order valence-electron chi connectivity index (χ0n) is 14.6. The van der Waals surface area contributed by atoms with Crippen molar-refractivity contribution in [2.24, 2.45) is 0 Å². The molecule has 2 aliphatic heterocycles. The van der Waals surface area contributed by atoms with Gasteiger partial charge in [-0.3, -0.25) is 14.5 Å². The predicted molar refractivity (Wildman–Crippen MR) is 90.9 cm³/mol. The van der Waals surface area contributed by atoms with Gasteiger partial charge in [0, 0.05) is 32.2 Å². The van der Waals surface area contributed by atoms with E-state index in [9.17, 15) is 14.7 Å². The number of fused-ring (bicyclic) bond motifs is 2. The van der Waals surface area contributed by atoms with Gasteiger partial charge < -0.3 is 14.6 Å².